The molecule has 3 aromatic carbocycles. The lowest BCUT2D eigenvalue weighted by atomic mass is 9.88. The SMILES string of the molecule is CCc1ccc2c(c1-c1cc3c(o1)C(=O)c1ccccc1C3=O)Cc1ccccc1-2. The maximum absolute atomic E-state index is 13.1. The fourth-order valence-corrected chi connectivity index (χ4v) is 4.86. The van der Waals surface area contributed by atoms with E-state index in [2.05, 4.69) is 43.3 Å². The molecule has 0 saturated heterocycles. The normalized spacial score (nSPS) is 13.6. The topological polar surface area (TPSA) is 47.3 Å². The van der Waals surface area contributed by atoms with Gasteiger partial charge in [-0.05, 0) is 46.7 Å². The summed E-state index contributed by atoms with van der Waals surface area (Å²) >= 11 is 0. The van der Waals surface area contributed by atoms with E-state index < -0.39 is 0 Å². The van der Waals surface area contributed by atoms with Crippen LogP contribution in [0.5, 0.6) is 0 Å². The lowest BCUT2D eigenvalue weighted by Crippen LogP contribution is -2.18. The van der Waals surface area contributed by atoms with Gasteiger partial charge in [-0.2, -0.15) is 0 Å². The molecule has 144 valence electrons. The van der Waals surface area contributed by atoms with Gasteiger partial charge < -0.3 is 4.42 Å². The molecule has 30 heavy (non-hydrogen) atoms. The van der Waals surface area contributed by atoms with Crippen molar-refractivity contribution in [3.05, 3.63) is 106 Å². The van der Waals surface area contributed by atoms with Crippen LogP contribution in [0.4, 0.5) is 0 Å². The molecule has 0 unspecified atom stereocenters. The average molecular weight is 390 g/mol. The molecule has 6 rings (SSSR count). The number of ketones is 2. The highest BCUT2D eigenvalue weighted by atomic mass is 16.3. The summed E-state index contributed by atoms with van der Waals surface area (Å²) in [5, 5.41) is 0. The van der Waals surface area contributed by atoms with Crippen LogP contribution in [0, 0.1) is 0 Å². The van der Waals surface area contributed by atoms with Gasteiger partial charge in [-0.1, -0.05) is 67.6 Å². The molecule has 0 radical (unpaired) electrons. The first-order valence-corrected chi connectivity index (χ1v) is 10.2. The molecule has 3 nitrogen and oxygen atoms in total. The summed E-state index contributed by atoms with van der Waals surface area (Å²) in [7, 11) is 0. The van der Waals surface area contributed by atoms with Crippen LogP contribution < -0.4 is 0 Å². The summed E-state index contributed by atoms with van der Waals surface area (Å²) in [6.45, 7) is 2.11. The van der Waals surface area contributed by atoms with Gasteiger partial charge in [0, 0.05) is 16.7 Å². The Morgan fingerprint density at radius 3 is 2.23 bits per heavy atom. The number of hydrogen-bond donors (Lipinski definition) is 0. The van der Waals surface area contributed by atoms with Crippen molar-refractivity contribution < 1.29 is 14.0 Å². The lowest BCUT2D eigenvalue weighted by Gasteiger charge is -2.12. The van der Waals surface area contributed by atoms with Gasteiger partial charge in [-0.3, -0.25) is 9.59 Å². The third-order valence-corrected chi connectivity index (χ3v) is 6.30. The number of furan rings is 1. The van der Waals surface area contributed by atoms with E-state index in [4.69, 9.17) is 4.42 Å². The van der Waals surface area contributed by atoms with E-state index in [0.29, 0.717) is 22.5 Å². The molecule has 1 aromatic heterocycles. The molecule has 4 aromatic rings. The molecule has 0 fully saturated rings. The van der Waals surface area contributed by atoms with Gasteiger partial charge >= 0.3 is 0 Å². The van der Waals surface area contributed by atoms with Gasteiger partial charge in [-0.25, -0.2) is 0 Å². The predicted molar refractivity (Wildman–Crippen MR) is 115 cm³/mol. The summed E-state index contributed by atoms with van der Waals surface area (Å²) < 4.78 is 6.13. The van der Waals surface area contributed by atoms with Crippen molar-refractivity contribution in [2.75, 3.05) is 0 Å². The van der Waals surface area contributed by atoms with Crippen molar-refractivity contribution in [2.45, 2.75) is 19.8 Å². The molecule has 0 atom stereocenters. The maximum Gasteiger partial charge on any atom is 0.229 e. The van der Waals surface area contributed by atoms with Crippen LogP contribution in [0.3, 0.4) is 0 Å². The highest BCUT2D eigenvalue weighted by Crippen LogP contribution is 2.45. The van der Waals surface area contributed by atoms with Crippen LogP contribution in [-0.2, 0) is 12.8 Å². The molecule has 0 amide bonds. The number of hydrogen-bond acceptors (Lipinski definition) is 3. The number of carbonyl (C=O) groups is 2. The van der Waals surface area contributed by atoms with Gasteiger partial charge in [0.2, 0.25) is 5.78 Å². The van der Waals surface area contributed by atoms with Crippen molar-refractivity contribution in [1.82, 2.24) is 0 Å². The van der Waals surface area contributed by atoms with Crippen LogP contribution in [-0.4, -0.2) is 11.6 Å². The summed E-state index contributed by atoms with van der Waals surface area (Å²) in [6, 6.07) is 21.5. The summed E-state index contributed by atoms with van der Waals surface area (Å²) in [6.07, 6.45) is 1.66. The van der Waals surface area contributed by atoms with Gasteiger partial charge in [0.15, 0.2) is 11.5 Å². The summed E-state index contributed by atoms with van der Waals surface area (Å²) in [4.78, 5) is 26.1. The van der Waals surface area contributed by atoms with Gasteiger partial charge in [-0.15, -0.1) is 0 Å². The van der Waals surface area contributed by atoms with E-state index in [-0.39, 0.29) is 17.3 Å². The van der Waals surface area contributed by atoms with Gasteiger partial charge in [0.25, 0.3) is 0 Å². The van der Waals surface area contributed by atoms with Crippen LogP contribution >= 0.6 is 0 Å². The standard InChI is InChI=1S/C27H18O3/c1-2-15-11-12-18-17-8-4-3-7-16(17)13-21(18)24(15)23-14-22-25(28)19-9-5-6-10-20(19)26(29)27(22)30-23/h3-12,14H,2,13H2,1H3. The lowest BCUT2D eigenvalue weighted by molar-refractivity contribution is 0.0961. The predicted octanol–water partition coefficient (Wildman–Crippen LogP) is 5.86. The fourth-order valence-electron chi connectivity index (χ4n) is 4.86. The van der Waals surface area contributed by atoms with Gasteiger partial charge in [0.05, 0.1) is 5.56 Å². The van der Waals surface area contributed by atoms with E-state index >= 15 is 0 Å². The molecule has 0 saturated carbocycles. The van der Waals surface area contributed by atoms with E-state index in [0.717, 1.165) is 24.0 Å². The van der Waals surface area contributed by atoms with Crippen molar-refractivity contribution in [3.8, 4) is 22.5 Å². The van der Waals surface area contributed by atoms with E-state index in [1.807, 2.05) is 0 Å². The molecule has 2 aliphatic rings. The van der Waals surface area contributed by atoms with Crippen molar-refractivity contribution in [2.24, 2.45) is 0 Å². The zero-order valence-corrected chi connectivity index (χ0v) is 16.5. The third-order valence-electron chi connectivity index (χ3n) is 6.30. The zero-order valence-electron chi connectivity index (χ0n) is 16.5. The molecule has 0 spiro atoms. The Morgan fingerprint density at radius 2 is 1.47 bits per heavy atom. The number of carbonyl (C=O) groups excluding carboxylic acids is 2. The highest BCUT2D eigenvalue weighted by molar-refractivity contribution is 6.27. The van der Waals surface area contributed by atoms with Crippen LogP contribution in [0.15, 0.2) is 71.1 Å². The average Bonchev–Trinajstić information content (AvgIpc) is 3.39. The Hall–Kier alpha value is -3.72. The van der Waals surface area contributed by atoms with Crippen molar-refractivity contribution >= 4 is 11.6 Å². The Balaban J connectivity index is 1.57. The first kappa shape index (κ1) is 17.2. The van der Waals surface area contributed by atoms with Gasteiger partial charge in [0.1, 0.15) is 5.76 Å². The molecule has 3 heteroatoms. The molecule has 2 aliphatic carbocycles. The molecule has 0 N–H and O–H groups in total. The monoisotopic (exact) mass is 390 g/mol. The quantitative estimate of drug-likeness (QED) is 0.372. The van der Waals surface area contributed by atoms with Crippen LogP contribution in [0.1, 0.15) is 55.7 Å². The zero-order chi connectivity index (χ0) is 20.4. The Labute approximate surface area is 174 Å². The molecule has 0 aliphatic heterocycles. The second-order valence-electron chi connectivity index (χ2n) is 7.87. The van der Waals surface area contributed by atoms with E-state index in [9.17, 15) is 9.59 Å². The smallest absolute Gasteiger partial charge is 0.229 e. The van der Waals surface area contributed by atoms with E-state index in [1.54, 1.807) is 30.3 Å². The van der Waals surface area contributed by atoms with Crippen molar-refractivity contribution in [1.29, 1.82) is 0 Å². The first-order chi connectivity index (χ1) is 14.7. The minimum atomic E-state index is -0.222. The first-order valence-electron chi connectivity index (χ1n) is 10.2. The Kier molecular flexibility index (Phi) is 3.51. The summed E-state index contributed by atoms with van der Waals surface area (Å²) in [5.41, 5.74) is 8.34. The minimum absolute atomic E-state index is 0.149. The number of aryl methyl sites for hydroxylation is 1. The number of rotatable bonds is 2. The fraction of sp³-hybridized carbons (Fsp3) is 0.111. The number of benzene rings is 3. The molecular formula is C27H18O3. The van der Waals surface area contributed by atoms with Crippen LogP contribution in [0.2, 0.25) is 0 Å². The third kappa shape index (κ3) is 2.20. The minimum Gasteiger partial charge on any atom is -0.452 e. The second-order valence-corrected chi connectivity index (χ2v) is 7.87. The second kappa shape index (κ2) is 6.14. The molecule has 1 heterocycles. The maximum atomic E-state index is 13.1. The largest absolute Gasteiger partial charge is 0.452 e. The highest BCUT2D eigenvalue weighted by Gasteiger charge is 2.35. The van der Waals surface area contributed by atoms with E-state index in [1.165, 1.54) is 22.3 Å². The van der Waals surface area contributed by atoms with Crippen molar-refractivity contribution in [3.63, 3.8) is 0 Å². The Bertz CT molecular complexity index is 1330. The molecule has 0 bridgehead atoms. The number of fused-ring (bicyclic) bond motifs is 5. The summed E-state index contributed by atoms with van der Waals surface area (Å²) in [5.74, 6) is 0.393. The molecular weight excluding hydrogens is 372 g/mol. The van der Waals surface area contributed by atoms with Crippen LogP contribution in [0.25, 0.3) is 22.5 Å². The Morgan fingerprint density at radius 1 is 0.767 bits per heavy atom.